The number of aromatic amines is 1. The molecule has 7 heteroatoms. The van der Waals surface area contributed by atoms with Gasteiger partial charge < -0.3 is 9.47 Å². The lowest BCUT2D eigenvalue weighted by molar-refractivity contribution is 0.0660. The SMILES string of the molecule is CCCC1c2nccn2CCCN1C(=O)c1n[nH]c(=O)c2ccccc12. The normalized spacial score (nSPS) is 17.1. The van der Waals surface area contributed by atoms with Gasteiger partial charge in [-0.05, 0) is 18.9 Å². The largest absolute Gasteiger partial charge is 0.333 e. The second-order valence-electron chi connectivity index (χ2n) is 6.58. The molecular formula is C19H21N5O2. The molecule has 0 radical (unpaired) electrons. The van der Waals surface area contributed by atoms with Crippen molar-refractivity contribution in [3.63, 3.8) is 0 Å². The molecule has 134 valence electrons. The molecule has 1 aliphatic heterocycles. The number of nitrogens with one attached hydrogen (secondary N) is 1. The van der Waals surface area contributed by atoms with E-state index in [0.29, 0.717) is 23.0 Å². The molecule has 1 aromatic carbocycles. The molecule has 2 aromatic heterocycles. The zero-order valence-electron chi connectivity index (χ0n) is 14.7. The van der Waals surface area contributed by atoms with Crippen LogP contribution in [-0.4, -0.2) is 37.1 Å². The second kappa shape index (κ2) is 6.74. The van der Waals surface area contributed by atoms with Gasteiger partial charge >= 0.3 is 0 Å². The van der Waals surface area contributed by atoms with E-state index in [4.69, 9.17) is 0 Å². The zero-order chi connectivity index (χ0) is 18.1. The Labute approximate surface area is 150 Å². The van der Waals surface area contributed by atoms with Gasteiger partial charge in [0.05, 0.1) is 11.4 Å². The maximum absolute atomic E-state index is 13.4. The van der Waals surface area contributed by atoms with Crippen LogP contribution in [0.1, 0.15) is 48.5 Å². The number of aromatic nitrogens is 4. The second-order valence-corrected chi connectivity index (χ2v) is 6.58. The number of hydrogen-bond donors (Lipinski definition) is 1. The first-order valence-corrected chi connectivity index (χ1v) is 9.00. The maximum Gasteiger partial charge on any atom is 0.275 e. The highest BCUT2D eigenvalue weighted by Crippen LogP contribution is 2.29. The molecule has 3 heterocycles. The average molecular weight is 351 g/mol. The Morgan fingerprint density at radius 3 is 2.88 bits per heavy atom. The molecule has 4 rings (SSSR count). The molecule has 0 spiro atoms. The summed E-state index contributed by atoms with van der Waals surface area (Å²) in [5.74, 6) is 0.763. The number of rotatable bonds is 3. The molecule has 1 unspecified atom stereocenters. The minimum atomic E-state index is -0.284. The minimum Gasteiger partial charge on any atom is -0.333 e. The number of aryl methyl sites for hydroxylation is 1. The van der Waals surface area contributed by atoms with E-state index in [9.17, 15) is 9.59 Å². The van der Waals surface area contributed by atoms with Crippen LogP contribution in [0.3, 0.4) is 0 Å². The summed E-state index contributed by atoms with van der Waals surface area (Å²) in [5, 5.41) is 7.63. The number of nitrogens with zero attached hydrogens (tertiary/aromatic N) is 4. The van der Waals surface area contributed by atoms with Crippen molar-refractivity contribution in [3.05, 3.63) is 58.5 Å². The van der Waals surface area contributed by atoms with Crippen molar-refractivity contribution < 1.29 is 4.79 Å². The zero-order valence-corrected chi connectivity index (χ0v) is 14.7. The molecule has 1 atom stereocenters. The van der Waals surface area contributed by atoms with E-state index in [0.717, 1.165) is 31.6 Å². The predicted molar refractivity (Wildman–Crippen MR) is 97.9 cm³/mol. The van der Waals surface area contributed by atoms with Gasteiger partial charge in [0.15, 0.2) is 5.69 Å². The molecule has 0 saturated heterocycles. The Morgan fingerprint density at radius 1 is 1.27 bits per heavy atom. The molecular weight excluding hydrogens is 330 g/mol. The lowest BCUT2D eigenvalue weighted by Crippen LogP contribution is -2.36. The van der Waals surface area contributed by atoms with E-state index in [1.54, 1.807) is 24.4 Å². The summed E-state index contributed by atoms with van der Waals surface area (Å²) in [6, 6.07) is 7.01. The van der Waals surface area contributed by atoms with E-state index in [1.165, 1.54) is 0 Å². The van der Waals surface area contributed by atoms with E-state index in [1.807, 2.05) is 17.2 Å². The Hall–Kier alpha value is -2.96. The summed E-state index contributed by atoms with van der Waals surface area (Å²) in [7, 11) is 0. The van der Waals surface area contributed by atoms with E-state index in [-0.39, 0.29) is 17.5 Å². The molecule has 0 bridgehead atoms. The van der Waals surface area contributed by atoms with Crippen LogP contribution in [0.25, 0.3) is 10.8 Å². The number of hydrogen-bond acceptors (Lipinski definition) is 4. The lowest BCUT2D eigenvalue weighted by Gasteiger charge is -2.29. The summed E-state index contributed by atoms with van der Waals surface area (Å²) >= 11 is 0. The van der Waals surface area contributed by atoms with Gasteiger partial charge in [-0.3, -0.25) is 9.59 Å². The molecule has 1 N–H and O–H groups in total. The third kappa shape index (κ3) is 2.69. The molecule has 0 saturated carbocycles. The van der Waals surface area contributed by atoms with Crippen molar-refractivity contribution in [2.24, 2.45) is 0 Å². The number of benzene rings is 1. The van der Waals surface area contributed by atoms with Gasteiger partial charge in [-0.15, -0.1) is 0 Å². The lowest BCUT2D eigenvalue weighted by atomic mass is 10.1. The van der Waals surface area contributed by atoms with Crippen LogP contribution in [0.4, 0.5) is 0 Å². The van der Waals surface area contributed by atoms with Crippen molar-refractivity contribution in [1.29, 1.82) is 0 Å². The quantitative estimate of drug-likeness (QED) is 0.786. The molecule has 7 nitrogen and oxygen atoms in total. The Bertz CT molecular complexity index is 1010. The molecule has 3 aromatic rings. The van der Waals surface area contributed by atoms with Gasteiger partial charge in [-0.1, -0.05) is 31.5 Å². The number of imidazole rings is 1. The van der Waals surface area contributed by atoms with Crippen molar-refractivity contribution in [3.8, 4) is 0 Å². The Balaban J connectivity index is 1.80. The highest BCUT2D eigenvalue weighted by atomic mass is 16.2. The number of carbonyl (C=O) groups excluding carboxylic acids is 1. The highest BCUT2D eigenvalue weighted by molar-refractivity contribution is 6.04. The van der Waals surface area contributed by atoms with Gasteiger partial charge in [0.25, 0.3) is 11.5 Å². The first kappa shape index (κ1) is 16.5. The Kier molecular flexibility index (Phi) is 4.28. The number of fused-ring (bicyclic) bond motifs is 2. The Morgan fingerprint density at radius 2 is 2.08 bits per heavy atom. The van der Waals surface area contributed by atoms with E-state index >= 15 is 0 Å². The molecule has 26 heavy (non-hydrogen) atoms. The predicted octanol–water partition coefficient (Wildman–Crippen LogP) is 2.51. The van der Waals surface area contributed by atoms with E-state index < -0.39 is 0 Å². The fourth-order valence-corrected chi connectivity index (χ4v) is 3.73. The monoisotopic (exact) mass is 351 g/mol. The van der Waals surface area contributed by atoms with Gasteiger partial charge in [-0.25, -0.2) is 10.1 Å². The summed E-state index contributed by atoms with van der Waals surface area (Å²) in [4.78, 5) is 31.8. The highest BCUT2D eigenvalue weighted by Gasteiger charge is 2.32. The third-order valence-electron chi connectivity index (χ3n) is 4.94. The molecule has 0 fully saturated rings. The third-order valence-corrected chi connectivity index (χ3v) is 4.94. The van der Waals surface area contributed by atoms with Crippen LogP contribution in [-0.2, 0) is 6.54 Å². The van der Waals surface area contributed by atoms with Gasteiger partial charge in [-0.2, -0.15) is 5.10 Å². The van der Waals surface area contributed by atoms with Crippen LogP contribution >= 0.6 is 0 Å². The topological polar surface area (TPSA) is 83.9 Å². The maximum atomic E-state index is 13.4. The van der Waals surface area contributed by atoms with Gasteiger partial charge in [0.2, 0.25) is 0 Å². The van der Waals surface area contributed by atoms with Crippen LogP contribution in [0.15, 0.2) is 41.5 Å². The fourth-order valence-electron chi connectivity index (χ4n) is 3.73. The van der Waals surface area contributed by atoms with Crippen molar-refractivity contribution in [2.75, 3.05) is 6.54 Å². The van der Waals surface area contributed by atoms with Crippen LogP contribution in [0, 0.1) is 0 Å². The van der Waals surface area contributed by atoms with Gasteiger partial charge in [0.1, 0.15) is 5.82 Å². The van der Waals surface area contributed by atoms with Crippen molar-refractivity contribution in [2.45, 2.75) is 38.8 Å². The van der Waals surface area contributed by atoms with Crippen molar-refractivity contribution >= 4 is 16.7 Å². The smallest absolute Gasteiger partial charge is 0.275 e. The number of amides is 1. The average Bonchev–Trinajstić information content (AvgIpc) is 3.05. The first-order valence-electron chi connectivity index (χ1n) is 9.00. The first-order chi connectivity index (χ1) is 12.7. The summed E-state index contributed by atoms with van der Waals surface area (Å²) in [5.41, 5.74) is 0.00924. The molecule has 1 amide bonds. The minimum absolute atomic E-state index is 0.0857. The fraction of sp³-hybridized carbons (Fsp3) is 0.368. The standard InChI is InChI=1S/C19H21N5O2/c1-2-6-15-17-20-9-12-23(17)10-5-11-24(15)19(26)16-13-7-3-4-8-14(13)18(25)22-21-16/h3-4,7-9,12,15H,2,5-6,10-11H2,1H3,(H,22,25). The van der Waals surface area contributed by atoms with Crippen LogP contribution < -0.4 is 5.56 Å². The van der Waals surface area contributed by atoms with Crippen LogP contribution in [0.2, 0.25) is 0 Å². The molecule has 1 aliphatic rings. The summed E-state index contributed by atoms with van der Waals surface area (Å²) < 4.78 is 2.13. The van der Waals surface area contributed by atoms with E-state index in [2.05, 4.69) is 26.7 Å². The number of carbonyl (C=O) groups is 1. The summed E-state index contributed by atoms with van der Waals surface area (Å²) in [6.07, 6.45) is 6.40. The van der Waals surface area contributed by atoms with Crippen LogP contribution in [0.5, 0.6) is 0 Å². The van der Waals surface area contributed by atoms with Crippen molar-refractivity contribution in [1.82, 2.24) is 24.6 Å². The number of H-pyrrole nitrogens is 1. The molecule has 0 aliphatic carbocycles. The van der Waals surface area contributed by atoms with Gasteiger partial charge in [0, 0.05) is 30.9 Å². The summed E-state index contributed by atoms with van der Waals surface area (Å²) in [6.45, 7) is 3.59.